The molecule has 0 unspecified atom stereocenters. The lowest BCUT2D eigenvalue weighted by Gasteiger charge is -2.07. The number of halogens is 1. The number of carboxylic acids is 1. The minimum Gasteiger partial charge on any atom is -0.478 e. The van der Waals surface area contributed by atoms with Crippen molar-refractivity contribution in [2.75, 3.05) is 0 Å². The summed E-state index contributed by atoms with van der Waals surface area (Å²) in [5.74, 6) is -0.924. The summed E-state index contributed by atoms with van der Waals surface area (Å²) in [7, 11) is 0. The number of para-hydroxylation sites is 1. The fourth-order valence-electron chi connectivity index (χ4n) is 2.09. The van der Waals surface area contributed by atoms with Crippen molar-refractivity contribution in [3.63, 3.8) is 0 Å². The van der Waals surface area contributed by atoms with E-state index in [1.165, 1.54) is 0 Å². The number of rotatable bonds is 2. The Bertz CT molecular complexity index is 797. The minimum atomic E-state index is -0.924. The molecule has 2 aromatic carbocycles. The van der Waals surface area contributed by atoms with Gasteiger partial charge in [0.2, 0.25) is 0 Å². The van der Waals surface area contributed by atoms with Crippen LogP contribution >= 0.6 is 15.9 Å². The summed E-state index contributed by atoms with van der Waals surface area (Å²) >= 11 is 3.47. The van der Waals surface area contributed by atoms with E-state index in [9.17, 15) is 4.79 Å². The number of carboxylic acid groups (broad SMARTS) is 1. The van der Waals surface area contributed by atoms with Crippen LogP contribution in [0.5, 0.6) is 0 Å². The molecule has 0 bridgehead atoms. The summed E-state index contributed by atoms with van der Waals surface area (Å²) in [6.45, 7) is 0. The summed E-state index contributed by atoms with van der Waals surface area (Å²) < 4.78 is 0.749. The van der Waals surface area contributed by atoms with Crippen molar-refractivity contribution in [2.45, 2.75) is 0 Å². The lowest BCUT2D eigenvalue weighted by Crippen LogP contribution is -1.95. The quantitative estimate of drug-likeness (QED) is 0.711. The number of benzene rings is 2. The largest absolute Gasteiger partial charge is 0.478 e. The highest BCUT2D eigenvalue weighted by atomic mass is 79.9. The highest BCUT2D eigenvalue weighted by Crippen LogP contribution is 2.30. The third-order valence-corrected chi connectivity index (χ3v) is 3.72. The first-order chi connectivity index (χ1) is 9.65. The molecule has 3 aromatic rings. The molecule has 0 aliphatic rings. The predicted octanol–water partition coefficient (Wildman–Crippen LogP) is 4.36. The fourth-order valence-corrected chi connectivity index (χ4v) is 2.62. The summed E-state index contributed by atoms with van der Waals surface area (Å²) in [5.41, 5.74) is 3.07. The van der Waals surface area contributed by atoms with Crippen molar-refractivity contribution in [3.05, 3.63) is 64.8 Å². The minimum absolute atomic E-state index is 0.277. The van der Waals surface area contributed by atoms with Crippen LogP contribution in [0.15, 0.2) is 59.2 Å². The lowest BCUT2D eigenvalue weighted by atomic mass is 10.0. The number of aromatic carboxylic acids is 1. The molecule has 1 aromatic heterocycles. The SMILES string of the molecule is O=C(O)c1ccc(-c2cc3ccccc3nc2Br)cc1. The molecule has 98 valence electrons. The Kier molecular flexibility index (Phi) is 3.24. The monoisotopic (exact) mass is 327 g/mol. The maximum atomic E-state index is 10.9. The van der Waals surface area contributed by atoms with E-state index in [0.29, 0.717) is 0 Å². The lowest BCUT2D eigenvalue weighted by molar-refractivity contribution is 0.0697. The standard InChI is InChI=1S/C16H10BrNO2/c17-15-13(9-12-3-1-2-4-14(12)18-15)10-5-7-11(8-6-10)16(19)20/h1-9H,(H,19,20). The van der Waals surface area contributed by atoms with Crippen molar-refractivity contribution < 1.29 is 9.90 Å². The third-order valence-electron chi connectivity index (χ3n) is 3.12. The Hall–Kier alpha value is -2.20. The second-order valence-electron chi connectivity index (χ2n) is 4.40. The topological polar surface area (TPSA) is 50.2 Å². The van der Waals surface area contributed by atoms with Gasteiger partial charge in [-0.15, -0.1) is 0 Å². The van der Waals surface area contributed by atoms with Gasteiger partial charge in [0.15, 0.2) is 0 Å². The molecule has 0 radical (unpaired) electrons. The molecule has 0 fully saturated rings. The van der Waals surface area contributed by atoms with Gasteiger partial charge >= 0.3 is 5.97 Å². The predicted molar refractivity (Wildman–Crippen MR) is 81.8 cm³/mol. The van der Waals surface area contributed by atoms with Crippen molar-refractivity contribution >= 4 is 32.8 Å². The van der Waals surface area contributed by atoms with E-state index in [0.717, 1.165) is 26.6 Å². The Morgan fingerprint density at radius 1 is 1.05 bits per heavy atom. The smallest absolute Gasteiger partial charge is 0.335 e. The molecule has 0 aliphatic heterocycles. The number of aromatic nitrogens is 1. The summed E-state index contributed by atoms with van der Waals surface area (Å²) in [4.78, 5) is 15.4. The molecular weight excluding hydrogens is 318 g/mol. The zero-order valence-corrected chi connectivity index (χ0v) is 12.0. The molecule has 0 atom stereocenters. The van der Waals surface area contributed by atoms with Crippen molar-refractivity contribution in [1.29, 1.82) is 0 Å². The highest BCUT2D eigenvalue weighted by Gasteiger charge is 2.08. The molecule has 0 aliphatic carbocycles. The molecule has 3 nitrogen and oxygen atoms in total. The molecule has 0 amide bonds. The molecule has 4 heteroatoms. The van der Waals surface area contributed by atoms with E-state index < -0.39 is 5.97 Å². The van der Waals surface area contributed by atoms with Crippen LogP contribution in [0.25, 0.3) is 22.0 Å². The Morgan fingerprint density at radius 3 is 2.45 bits per heavy atom. The summed E-state index contributed by atoms with van der Waals surface area (Å²) in [6, 6.07) is 16.7. The second kappa shape index (κ2) is 5.06. The van der Waals surface area contributed by atoms with Gasteiger partial charge in [-0.25, -0.2) is 9.78 Å². The van der Waals surface area contributed by atoms with Crippen LogP contribution < -0.4 is 0 Å². The first kappa shape index (κ1) is 12.8. The number of carbonyl (C=O) groups is 1. The number of nitrogens with zero attached hydrogens (tertiary/aromatic N) is 1. The normalized spacial score (nSPS) is 10.7. The fraction of sp³-hybridized carbons (Fsp3) is 0. The van der Waals surface area contributed by atoms with Gasteiger partial charge in [-0.2, -0.15) is 0 Å². The molecular formula is C16H10BrNO2. The van der Waals surface area contributed by atoms with Gasteiger partial charge in [0, 0.05) is 10.9 Å². The van der Waals surface area contributed by atoms with E-state index in [2.05, 4.69) is 20.9 Å². The van der Waals surface area contributed by atoms with Crippen LogP contribution in [0.1, 0.15) is 10.4 Å². The number of fused-ring (bicyclic) bond motifs is 1. The molecule has 0 saturated heterocycles. The first-order valence-corrected chi connectivity index (χ1v) is 6.83. The van der Waals surface area contributed by atoms with Crippen molar-refractivity contribution in [1.82, 2.24) is 4.98 Å². The first-order valence-electron chi connectivity index (χ1n) is 6.04. The van der Waals surface area contributed by atoms with Gasteiger partial charge < -0.3 is 5.11 Å². The average molecular weight is 328 g/mol. The molecule has 20 heavy (non-hydrogen) atoms. The van der Waals surface area contributed by atoms with Crippen LogP contribution in [0.4, 0.5) is 0 Å². The highest BCUT2D eigenvalue weighted by molar-refractivity contribution is 9.10. The van der Waals surface area contributed by atoms with Gasteiger partial charge in [0.25, 0.3) is 0 Å². The maximum Gasteiger partial charge on any atom is 0.335 e. The number of hydrogen-bond donors (Lipinski definition) is 1. The van der Waals surface area contributed by atoms with E-state index in [-0.39, 0.29) is 5.56 Å². The zero-order chi connectivity index (χ0) is 14.1. The number of hydrogen-bond acceptors (Lipinski definition) is 2. The molecule has 3 rings (SSSR count). The van der Waals surface area contributed by atoms with Crippen molar-refractivity contribution in [2.24, 2.45) is 0 Å². The van der Waals surface area contributed by atoms with E-state index in [4.69, 9.17) is 5.11 Å². The van der Waals surface area contributed by atoms with Crippen LogP contribution in [-0.4, -0.2) is 16.1 Å². The van der Waals surface area contributed by atoms with Gasteiger partial charge in [-0.3, -0.25) is 0 Å². The van der Waals surface area contributed by atoms with Crippen molar-refractivity contribution in [3.8, 4) is 11.1 Å². The van der Waals surface area contributed by atoms with Crippen LogP contribution in [0, 0.1) is 0 Å². The van der Waals surface area contributed by atoms with E-state index in [1.807, 2.05) is 30.3 Å². The number of pyridine rings is 1. The van der Waals surface area contributed by atoms with Gasteiger partial charge in [-0.05, 0) is 45.8 Å². The van der Waals surface area contributed by atoms with Crippen LogP contribution in [0.3, 0.4) is 0 Å². The van der Waals surface area contributed by atoms with Crippen LogP contribution in [0.2, 0.25) is 0 Å². The summed E-state index contributed by atoms with van der Waals surface area (Å²) in [5, 5.41) is 9.97. The van der Waals surface area contributed by atoms with Crippen LogP contribution in [-0.2, 0) is 0 Å². The molecule has 0 saturated carbocycles. The Balaban J connectivity index is 2.13. The molecule has 0 spiro atoms. The van der Waals surface area contributed by atoms with Gasteiger partial charge in [0.1, 0.15) is 4.60 Å². The zero-order valence-electron chi connectivity index (χ0n) is 10.4. The van der Waals surface area contributed by atoms with E-state index in [1.54, 1.807) is 24.3 Å². The maximum absolute atomic E-state index is 10.9. The summed E-state index contributed by atoms with van der Waals surface area (Å²) in [6.07, 6.45) is 0. The van der Waals surface area contributed by atoms with Gasteiger partial charge in [-0.1, -0.05) is 30.3 Å². The molecule has 1 N–H and O–H groups in total. The Labute approximate surface area is 124 Å². The van der Waals surface area contributed by atoms with Gasteiger partial charge in [0.05, 0.1) is 11.1 Å². The average Bonchev–Trinajstić information content (AvgIpc) is 2.46. The van der Waals surface area contributed by atoms with E-state index >= 15 is 0 Å². The third kappa shape index (κ3) is 2.30. The molecule has 1 heterocycles. The Morgan fingerprint density at radius 2 is 1.75 bits per heavy atom. The second-order valence-corrected chi connectivity index (χ2v) is 5.15.